The lowest BCUT2D eigenvalue weighted by atomic mass is 9.94. The fourth-order valence-electron chi connectivity index (χ4n) is 6.99. The number of hydrogen-bond acceptors (Lipinski definition) is 5. The number of aliphatic hydroxyl groups is 1. The molecule has 2 bridgehead atoms. The summed E-state index contributed by atoms with van der Waals surface area (Å²) in [4.78, 5) is 13.8. The number of aromatic nitrogens is 1. The van der Waals surface area contributed by atoms with Gasteiger partial charge in [-0.25, -0.2) is 0 Å². The Labute approximate surface area is 230 Å². The van der Waals surface area contributed by atoms with E-state index in [1.165, 1.54) is 36.6 Å². The highest BCUT2D eigenvalue weighted by atomic mass is 32.2. The fraction of sp³-hybridized carbons (Fsp3) is 0.516. The summed E-state index contributed by atoms with van der Waals surface area (Å²) in [6.45, 7) is 3.51. The van der Waals surface area contributed by atoms with Crippen LogP contribution in [0.2, 0.25) is 0 Å². The highest BCUT2D eigenvalue weighted by molar-refractivity contribution is 8.00. The van der Waals surface area contributed by atoms with Crippen molar-refractivity contribution < 1.29 is 9.90 Å². The molecule has 3 aromatic rings. The van der Waals surface area contributed by atoms with Crippen molar-refractivity contribution in [3.05, 3.63) is 65.4 Å². The minimum atomic E-state index is -0.673. The maximum Gasteiger partial charge on any atom is 0.251 e. The van der Waals surface area contributed by atoms with E-state index in [4.69, 9.17) is 0 Å². The van der Waals surface area contributed by atoms with Crippen molar-refractivity contribution >= 4 is 34.4 Å². The number of rotatable bonds is 9. The van der Waals surface area contributed by atoms with Crippen LogP contribution in [0.15, 0.2) is 48.7 Å². The topological polar surface area (TPSA) is 69.5 Å². The Kier molecular flexibility index (Phi) is 7.43. The molecule has 202 valence electrons. The van der Waals surface area contributed by atoms with Gasteiger partial charge in [0.2, 0.25) is 0 Å². The lowest BCUT2D eigenvalue weighted by Crippen LogP contribution is -2.50. The second-order valence-electron chi connectivity index (χ2n) is 11.4. The van der Waals surface area contributed by atoms with Gasteiger partial charge in [0.25, 0.3) is 5.91 Å². The number of carbonyl (C=O) groups is 1. The number of amides is 1. The molecule has 2 aliphatic carbocycles. The molecule has 5 atom stereocenters. The van der Waals surface area contributed by atoms with Gasteiger partial charge in [-0.15, -0.1) is 0 Å². The van der Waals surface area contributed by atoms with Crippen LogP contribution in [0, 0.1) is 11.8 Å². The van der Waals surface area contributed by atoms with Crippen LogP contribution in [-0.2, 0) is 19.4 Å². The first-order valence-corrected chi connectivity index (χ1v) is 15.2. The first kappa shape index (κ1) is 25.8. The minimum Gasteiger partial charge on any atom is -0.390 e. The number of carbonyl (C=O) groups excluding carboxylic acids is 1. The third-order valence-corrected chi connectivity index (χ3v) is 10.0. The van der Waals surface area contributed by atoms with Gasteiger partial charge in [-0.2, -0.15) is 0 Å². The maximum absolute atomic E-state index is 13.8. The number of fused-ring (bicyclic) bond motifs is 2. The van der Waals surface area contributed by atoms with E-state index in [1.807, 2.05) is 30.3 Å². The molecule has 3 N–H and O–H groups in total. The van der Waals surface area contributed by atoms with Crippen molar-refractivity contribution in [2.24, 2.45) is 11.8 Å². The molecule has 38 heavy (non-hydrogen) atoms. The standard InChI is InChI=1S/C31H40N4O2S/c1-3-35-19-23-11-12-38-34(2)27-16-24(17-28(35)30(23)27)31(37)33-26(14-20-7-5-4-6-8-20)29(36)18-32-25-15-21-9-10-22(25)13-21/h4-8,16-17,19,21-22,25-26,29,32,36H,3,9-15,18H2,1-2H3,(H,33,37)/t21-,22+,25?,26+,29-/m1/s1. The molecule has 2 heterocycles. The zero-order chi connectivity index (χ0) is 26.2. The lowest BCUT2D eigenvalue weighted by Gasteiger charge is -2.29. The quantitative estimate of drug-likeness (QED) is 0.346. The normalized spacial score (nSPS) is 24.0. The summed E-state index contributed by atoms with van der Waals surface area (Å²) in [6.07, 6.45) is 8.41. The first-order chi connectivity index (χ1) is 18.5. The average Bonchev–Trinajstić information content (AvgIpc) is 3.63. The van der Waals surface area contributed by atoms with Crippen LogP contribution in [0.25, 0.3) is 10.9 Å². The summed E-state index contributed by atoms with van der Waals surface area (Å²) in [5.41, 5.74) is 5.31. The zero-order valence-corrected chi connectivity index (χ0v) is 23.3. The van der Waals surface area contributed by atoms with Gasteiger partial charge in [0.15, 0.2) is 0 Å². The van der Waals surface area contributed by atoms with Crippen molar-refractivity contribution in [2.45, 2.75) is 70.2 Å². The van der Waals surface area contributed by atoms with Gasteiger partial charge in [0, 0.05) is 49.1 Å². The molecule has 6 nitrogen and oxygen atoms in total. The van der Waals surface area contributed by atoms with Gasteiger partial charge in [-0.1, -0.05) is 36.8 Å². The molecular weight excluding hydrogens is 492 g/mol. The van der Waals surface area contributed by atoms with E-state index in [0.29, 0.717) is 24.6 Å². The number of nitrogens with zero attached hydrogens (tertiary/aromatic N) is 2. The molecule has 2 saturated carbocycles. The van der Waals surface area contributed by atoms with Crippen molar-refractivity contribution in [2.75, 3.05) is 23.7 Å². The highest BCUT2D eigenvalue weighted by Gasteiger charge is 2.39. The van der Waals surface area contributed by atoms with Gasteiger partial charge in [0.05, 0.1) is 23.3 Å². The number of benzene rings is 2. The van der Waals surface area contributed by atoms with E-state index in [-0.39, 0.29) is 11.9 Å². The lowest BCUT2D eigenvalue weighted by molar-refractivity contribution is 0.0819. The van der Waals surface area contributed by atoms with E-state index >= 15 is 0 Å². The van der Waals surface area contributed by atoms with Crippen LogP contribution in [0.4, 0.5) is 5.69 Å². The molecule has 2 fully saturated rings. The molecule has 0 radical (unpaired) electrons. The molecule has 0 saturated heterocycles. The van der Waals surface area contributed by atoms with Crippen molar-refractivity contribution in [1.82, 2.24) is 15.2 Å². The molecule has 0 spiro atoms. The Morgan fingerprint density at radius 3 is 2.76 bits per heavy atom. The van der Waals surface area contributed by atoms with Crippen LogP contribution < -0.4 is 14.9 Å². The third-order valence-electron chi connectivity index (χ3n) is 9.04. The molecule has 3 aliphatic rings. The monoisotopic (exact) mass is 532 g/mol. The number of aliphatic hydroxyl groups excluding tert-OH is 1. The van der Waals surface area contributed by atoms with Crippen LogP contribution in [0.3, 0.4) is 0 Å². The number of hydrogen-bond donors (Lipinski definition) is 3. The van der Waals surface area contributed by atoms with Crippen LogP contribution in [0.1, 0.15) is 54.1 Å². The molecular formula is C31H40N4O2S. The summed E-state index contributed by atoms with van der Waals surface area (Å²) in [6, 6.07) is 14.3. The molecule has 1 amide bonds. The molecule has 2 aromatic carbocycles. The van der Waals surface area contributed by atoms with Crippen molar-refractivity contribution in [3.63, 3.8) is 0 Å². The highest BCUT2D eigenvalue weighted by Crippen LogP contribution is 2.44. The smallest absolute Gasteiger partial charge is 0.251 e. The summed E-state index contributed by atoms with van der Waals surface area (Å²) in [5.74, 6) is 2.50. The van der Waals surface area contributed by atoms with E-state index in [9.17, 15) is 9.90 Å². The number of aryl methyl sites for hydroxylation is 2. The Morgan fingerprint density at radius 2 is 2.03 bits per heavy atom. The zero-order valence-electron chi connectivity index (χ0n) is 22.5. The molecule has 1 aliphatic heterocycles. The minimum absolute atomic E-state index is 0.129. The Balaban J connectivity index is 1.24. The van der Waals surface area contributed by atoms with Gasteiger partial charge in [-0.3, -0.25) is 4.79 Å². The van der Waals surface area contributed by atoms with Gasteiger partial charge in [-0.05, 0) is 86.1 Å². The predicted molar refractivity (Wildman–Crippen MR) is 157 cm³/mol. The van der Waals surface area contributed by atoms with Gasteiger partial charge < -0.3 is 24.6 Å². The summed E-state index contributed by atoms with van der Waals surface area (Å²) in [7, 11) is 2.09. The fourth-order valence-corrected chi connectivity index (χ4v) is 7.86. The van der Waals surface area contributed by atoms with Crippen molar-refractivity contribution in [1.29, 1.82) is 0 Å². The van der Waals surface area contributed by atoms with E-state index in [2.05, 4.69) is 51.8 Å². The van der Waals surface area contributed by atoms with Crippen LogP contribution >= 0.6 is 11.9 Å². The second-order valence-corrected chi connectivity index (χ2v) is 12.7. The Hall–Kier alpha value is -2.48. The van der Waals surface area contributed by atoms with Gasteiger partial charge >= 0.3 is 0 Å². The van der Waals surface area contributed by atoms with Crippen molar-refractivity contribution in [3.8, 4) is 0 Å². The summed E-state index contributed by atoms with van der Waals surface area (Å²) >= 11 is 1.80. The first-order valence-electron chi connectivity index (χ1n) is 14.3. The second kappa shape index (κ2) is 10.9. The molecule has 6 rings (SSSR count). The van der Waals surface area contributed by atoms with E-state index in [0.717, 1.165) is 47.3 Å². The van der Waals surface area contributed by atoms with Crippen LogP contribution in [0.5, 0.6) is 0 Å². The SMILES string of the molecule is CCn1cc2c3c(cc(C(=O)N[C@@H](Cc4ccccc4)[C@H](O)CNC4C[C@@H]5CC[C@H]4C5)cc31)N(C)SCC2. The maximum atomic E-state index is 13.8. The summed E-state index contributed by atoms with van der Waals surface area (Å²) < 4.78 is 4.45. The summed E-state index contributed by atoms with van der Waals surface area (Å²) in [5, 5.41) is 19.5. The number of anilines is 1. The molecule has 1 aromatic heterocycles. The van der Waals surface area contributed by atoms with E-state index < -0.39 is 6.10 Å². The predicted octanol–water partition coefficient (Wildman–Crippen LogP) is 4.78. The van der Waals surface area contributed by atoms with E-state index in [1.54, 1.807) is 11.9 Å². The Bertz CT molecular complexity index is 1290. The molecule has 1 unspecified atom stereocenters. The van der Waals surface area contributed by atoms with Crippen LogP contribution in [-0.4, -0.2) is 53.1 Å². The largest absolute Gasteiger partial charge is 0.390 e. The average molecular weight is 533 g/mol. The third kappa shape index (κ3) is 5.08. The Morgan fingerprint density at radius 1 is 1.18 bits per heavy atom. The molecule has 7 heteroatoms. The number of nitrogens with one attached hydrogen (secondary N) is 2. The van der Waals surface area contributed by atoms with Gasteiger partial charge in [0.1, 0.15) is 0 Å².